The summed E-state index contributed by atoms with van der Waals surface area (Å²) >= 11 is 3.42. The predicted molar refractivity (Wildman–Crippen MR) is 79.6 cm³/mol. The van der Waals surface area contributed by atoms with Gasteiger partial charge in [0.2, 0.25) is 5.91 Å². The van der Waals surface area contributed by atoms with E-state index in [0.717, 1.165) is 41.5 Å². The van der Waals surface area contributed by atoms with Crippen molar-refractivity contribution < 1.29 is 14.3 Å². The highest BCUT2D eigenvalue weighted by atomic mass is 79.9. The molecule has 0 aromatic heterocycles. The number of fused-ring (bicyclic) bond motifs is 1. The summed E-state index contributed by atoms with van der Waals surface area (Å²) in [4.78, 5) is 14.0. The fraction of sp³-hybridized carbons (Fsp3) is 0.400. The van der Waals surface area contributed by atoms with Crippen LogP contribution in [0, 0.1) is 0 Å². The summed E-state index contributed by atoms with van der Waals surface area (Å²) < 4.78 is 10.9. The van der Waals surface area contributed by atoms with E-state index in [2.05, 4.69) is 15.9 Å². The van der Waals surface area contributed by atoms with E-state index >= 15 is 0 Å². The number of hydrogen-bond acceptors (Lipinski definition) is 3. The molecule has 0 spiro atoms. The maximum atomic E-state index is 12.1. The first kappa shape index (κ1) is 13.5. The zero-order valence-electron chi connectivity index (χ0n) is 11.0. The first-order valence-corrected chi connectivity index (χ1v) is 7.87. The lowest BCUT2D eigenvalue weighted by atomic mass is 9.95. The Kier molecular flexibility index (Phi) is 3.96. The van der Waals surface area contributed by atoms with Crippen LogP contribution in [0.4, 0.5) is 5.69 Å². The maximum Gasteiger partial charge on any atom is 0.266 e. The normalized spacial score (nSPS) is 17.9. The molecule has 2 aliphatic rings. The summed E-state index contributed by atoms with van der Waals surface area (Å²) in [5.41, 5.74) is 3.18. The molecule has 3 rings (SSSR count). The lowest BCUT2D eigenvalue weighted by molar-refractivity contribution is -0.118. The first-order valence-electron chi connectivity index (χ1n) is 6.75. The van der Waals surface area contributed by atoms with E-state index in [9.17, 15) is 4.79 Å². The minimum absolute atomic E-state index is 0.196. The molecule has 5 heteroatoms. The number of carbonyl (C=O) groups is 1. The molecular formula is C15H16BrNO3. The number of benzene rings is 1. The van der Waals surface area contributed by atoms with Crippen LogP contribution in [0.2, 0.25) is 0 Å². The van der Waals surface area contributed by atoms with Crippen molar-refractivity contribution in [2.24, 2.45) is 0 Å². The number of ether oxygens (including phenoxy) is 2. The number of nitrogens with zero attached hydrogens (tertiary/aromatic N) is 1. The minimum atomic E-state index is -0.379. The van der Waals surface area contributed by atoms with Crippen LogP contribution in [-0.2, 0) is 20.7 Å². The molecule has 0 fully saturated rings. The van der Waals surface area contributed by atoms with Crippen LogP contribution in [-0.4, -0.2) is 17.8 Å². The Morgan fingerprint density at radius 3 is 2.80 bits per heavy atom. The summed E-state index contributed by atoms with van der Waals surface area (Å²) in [7, 11) is 0. The summed E-state index contributed by atoms with van der Waals surface area (Å²) in [6, 6.07) is 5.97. The molecule has 1 aromatic carbocycles. The molecule has 0 unspecified atom stereocenters. The van der Waals surface area contributed by atoms with E-state index in [0.29, 0.717) is 6.42 Å². The van der Waals surface area contributed by atoms with Gasteiger partial charge in [0.25, 0.3) is 6.29 Å². The van der Waals surface area contributed by atoms with Crippen molar-refractivity contribution in [1.29, 1.82) is 0 Å². The molecule has 1 amide bonds. The summed E-state index contributed by atoms with van der Waals surface area (Å²) in [6.45, 7) is 0.741. The maximum absolute atomic E-state index is 12.1. The monoisotopic (exact) mass is 337 g/mol. The van der Waals surface area contributed by atoms with E-state index in [1.54, 1.807) is 12.5 Å². The Morgan fingerprint density at radius 1 is 1.25 bits per heavy atom. The van der Waals surface area contributed by atoms with Gasteiger partial charge in [-0.3, -0.25) is 4.79 Å². The minimum Gasteiger partial charge on any atom is -0.455 e. The quantitative estimate of drug-likeness (QED) is 0.791. The van der Waals surface area contributed by atoms with Gasteiger partial charge in [0.05, 0.1) is 0 Å². The molecule has 0 saturated heterocycles. The first-order chi connectivity index (χ1) is 9.81. The number of rotatable bonds is 4. The van der Waals surface area contributed by atoms with Crippen molar-refractivity contribution in [1.82, 2.24) is 0 Å². The molecule has 2 aliphatic heterocycles. The van der Waals surface area contributed by atoms with Crippen LogP contribution >= 0.6 is 15.9 Å². The standard InChI is InChI=1S/C15H16BrNO3/c16-7-2-8-17-13-4-1-3-12(15-19-9-10-20-15)11(13)5-6-14(17)18/h1,3-4,9-10,15H,2,5-8H2. The third kappa shape index (κ3) is 2.42. The van der Waals surface area contributed by atoms with Crippen LogP contribution in [0.3, 0.4) is 0 Å². The van der Waals surface area contributed by atoms with Crippen LogP contribution < -0.4 is 4.90 Å². The van der Waals surface area contributed by atoms with Gasteiger partial charge in [-0.1, -0.05) is 28.1 Å². The van der Waals surface area contributed by atoms with Gasteiger partial charge in [-0.2, -0.15) is 0 Å². The lowest BCUT2D eigenvalue weighted by Gasteiger charge is -2.31. The number of halogens is 1. The molecule has 0 atom stereocenters. The molecule has 20 heavy (non-hydrogen) atoms. The Labute approximate surface area is 126 Å². The average molecular weight is 338 g/mol. The summed E-state index contributed by atoms with van der Waals surface area (Å²) in [5, 5.41) is 0.893. The van der Waals surface area contributed by atoms with Gasteiger partial charge < -0.3 is 14.4 Å². The average Bonchev–Trinajstić information content (AvgIpc) is 2.99. The smallest absolute Gasteiger partial charge is 0.266 e. The number of anilines is 1. The lowest BCUT2D eigenvalue weighted by Crippen LogP contribution is -2.36. The van der Waals surface area contributed by atoms with Gasteiger partial charge in [-0.05, 0) is 24.5 Å². The van der Waals surface area contributed by atoms with Crippen LogP contribution in [0.1, 0.15) is 30.3 Å². The van der Waals surface area contributed by atoms with E-state index in [4.69, 9.17) is 9.47 Å². The van der Waals surface area contributed by atoms with Gasteiger partial charge in [0, 0.05) is 29.5 Å². The highest BCUT2D eigenvalue weighted by Gasteiger charge is 2.29. The van der Waals surface area contributed by atoms with Gasteiger partial charge in [-0.15, -0.1) is 0 Å². The Balaban J connectivity index is 1.94. The number of alkyl halides is 1. The van der Waals surface area contributed by atoms with Crippen molar-refractivity contribution in [3.8, 4) is 0 Å². The molecule has 0 bridgehead atoms. The predicted octanol–water partition coefficient (Wildman–Crippen LogP) is 3.27. The van der Waals surface area contributed by atoms with Gasteiger partial charge in [-0.25, -0.2) is 0 Å². The zero-order chi connectivity index (χ0) is 13.9. The second-order valence-electron chi connectivity index (χ2n) is 4.81. The number of carbonyl (C=O) groups excluding carboxylic acids is 1. The summed E-state index contributed by atoms with van der Waals surface area (Å²) in [5.74, 6) is 0.196. The highest BCUT2D eigenvalue weighted by molar-refractivity contribution is 9.09. The second kappa shape index (κ2) is 5.87. The molecule has 0 aliphatic carbocycles. The van der Waals surface area contributed by atoms with Crippen LogP contribution in [0.25, 0.3) is 0 Å². The van der Waals surface area contributed by atoms with Crippen molar-refractivity contribution >= 4 is 27.5 Å². The van der Waals surface area contributed by atoms with Gasteiger partial charge in [0.1, 0.15) is 12.5 Å². The summed E-state index contributed by atoms with van der Waals surface area (Å²) in [6.07, 6.45) is 4.97. The van der Waals surface area contributed by atoms with Crippen LogP contribution in [0.15, 0.2) is 30.7 Å². The van der Waals surface area contributed by atoms with Crippen molar-refractivity contribution in [2.45, 2.75) is 25.6 Å². The molecule has 1 aromatic rings. The van der Waals surface area contributed by atoms with Gasteiger partial charge in [0.15, 0.2) is 0 Å². The highest BCUT2D eigenvalue weighted by Crippen LogP contribution is 2.36. The molecule has 106 valence electrons. The van der Waals surface area contributed by atoms with Crippen LogP contribution in [0.5, 0.6) is 0 Å². The van der Waals surface area contributed by atoms with Crippen molar-refractivity contribution in [3.05, 3.63) is 41.9 Å². The molecular weight excluding hydrogens is 322 g/mol. The third-order valence-electron chi connectivity index (χ3n) is 3.60. The molecule has 0 N–H and O–H groups in total. The SMILES string of the molecule is O=C1CCc2c(C3OC=CO3)cccc2N1CCCBr. The van der Waals surface area contributed by atoms with E-state index in [1.165, 1.54) is 0 Å². The van der Waals surface area contributed by atoms with E-state index in [-0.39, 0.29) is 12.2 Å². The molecule has 2 heterocycles. The Hall–Kier alpha value is -1.49. The van der Waals surface area contributed by atoms with E-state index < -0.39 is 0 Å². The van der Waals surface area contributed by atoms with Gasteiger partial charge >= 0.3 is 0 Å². The third-order valence-corrected chi connectivity index (χ3v) is 4.16. The molecule has 0 radical (unpaired) electrons. The topological polar surface area (TPSA) is 38.8 Å². The molecule has 4 nitrogen and oxygen atoms in total. The fourth-order valence-electron chi connectivity index (χ4n) is 2.69. The van der Waals surface area contributed by atoms with Crippen molar-refractivity contribution in [2.75, 3.05) is 16.8 Å². The zero-order valence-corrected chi connectivity index (χ0v) is 12.6. The number of amides is 1. The second-order valence-corrected chi connectivity index (χ2v) is 5.60. The van der Waals surface area contributed by atoms with E-state index in [1.807, 2.05) is 23.1 Å². The molecule has 0 saturated carbocycles. The Bertz CT molecular complexity index is 536. The largest absolute Gasteiger partial charge is 0.455 e. The fourth-order valence-corrected chi connectivity index (χ4v) is 2.94. The Morgan fingerprint density at radius 2 is 2.05 bits per heavy atom. The van der Waals surface area contributed by atoms with Crippen molar-refractivity contribution in [3.63, 3.8) is 0 Å². The number of hydrogen-bond donors (Lipinski definition) is 0.